The summed E-state index contributed by atoms with van der Waals surface area (Å²) in [5, 5.41) is 3.35. The van der Waals surface area contributed by atoms with Gasteiger partial charge in [0.1, 0.15) is 5.75 Å². The first-order valence-corrected chi connectivity index (χ1v) is 11.0. The van der Waals surface area contributed by atoms with E-state index in [1.54, 1.807) is 54.1 Å². The maximum Gasteiger partial charge on any atom is 0.267 e. The Morgan fingerprint density at radius 1 is 0.970 bits per heavy atom. The monoisotopic (exact) mass is 440 g/mol. The summed E-state index contributed by atoms with van der Waals surface area (Å²) in [6.07, 6.45) is 2.13. The number of methoxy groups -OCH3 is 1. The molecule has 1 aliphatic heterocycles. The molecule has 2 heterocycles. The van der Waals surface area contributed by atoms with Gasteiger partial charge in [-0.05, 0) is 67.4 Å². The summed E-state index contributed by atoms with van der Waals surface area (Å²) in [4.78, 5) is 33.4. The lowest BCUT2D eigenvalue weighted by molar-refractivity contribution is 0.102. The van der Waals surface area contributed by atoms with Crippen molar-refractivity contribution in [2.75, 3.05) is 30.4 Å². The van der Waals surface area contributed by atoms with Crippen LogP contribution in [0.2, 0.25) is 0 Å². The molecule has 1 saturated heterocycles. The molecule has 0 unspecified atom stereocenters. The highest BCUT2D eigenvalue weighted by Gasteiger charge is 2.21. The number of nitrogens with one attached hydrogen (secondary N) is 1. The lowest BCUT2D eigenvalue weighted by Gasteiger charge is -2.22. The smallest absolute Gasteiger partial charge is 0.267 e. The summed E-state index contributed by atoms with van der Waals surface area (Å²) in [7, 11) is 1.60. The van der Waals surface area contributed by atoms with Crippen LogP contribution in [0, 0.1) is 0 Å². The van der Waals surface area contributed by atoms with E-state index in [0.29, 0.717) is 33.9 Å². The van der Waals surface area contributed by atoms with Gasteiger partial charge < -0.3 is 15.0 Å². The molecule has 1 aliphatic rings. The van der Waals surface area contributed by atoms with E-state index in [-0.39, 0.29) is 11.5 Å². The van der Waals surface area contributed by atoms with E-state index >= 15 is 0 Å². The molecule has 1 amide bonds. The molecule has 0 bridgehead atoms. The Bertz CT molecular complexity index is 1360. The third-order valence-corrected chi connectivity index (χ3v) is 5.87. The van der Waals surface area contributed by atoms with Gasteiger partial charge in [-0.25, -0.2) is 9.55 Å². The summed E-state index contributed by atoms with van der Waals surface area (Å²) < 4.78 is 6.83. The second-order valence-corrected chi connectivity index (χ2v) is 8.00. The fraction of sp³-hybridized carbons (Fsp3) is 0.192. The molecule has 0 saturated carbocycles. The molecule has 0 atom stereocenters. The molecular weight excluding hydrogens is 416 g/mol. The number of benzene rings is 3. The average molecular weight is 441 g/mol. The molecule has 5 rings (SSSR count). The highest BCUT2D eigenvalue weighted by molar-refractivity contribution is 6.06. The minimum atomic E-state index is -0.265. The van der Waals surface area contributed by atoms with E-state index in [0.717, 1.165) is 31.6 Å². The maximum atomic E-state index is 13.5. The summed E-state index contributed by atoms with van der Waals surface area (Å²) in [6.45, 7) is 1.70. The van der Waals surface area contributed by atoms with Gasteiger partial charge in [-0.15, -0.1) is 0 Å². The number of carbonyl (C=O) groups is 1. The van der Waals surface area contributed by atoms with E-state index in [9.17, 15) is 9.59 Å². The van der Waals surface area contributed by atoms with Crippen molar-refractivity contribution in [2.24, 2.45) is 0 Å². The Hall–Kier alpha value is -4.13. The molecule has 33 heavy (non-hydrogen) atoms. The summed E-state index contributed by atoms with van der Waals surface area (Å²) in [5.41, 5.74) is 2.24. The van der Waals surface area contributed by atoms with Crippen molar-refractivity contribution in [3.63, 3.8) is 0 Å². The molecule has 1 N–H and O–H groups in total. The highest BCUT2D eigenvalue weighted by Crippen LogP contribution is 2.24. The number of hydrogen-bond donors (Lipinski definition) is 1. The van der Waals surface area contributed by atoms with Crippen molar-refractivity contribution < 1.29 is 9.53 Å². The SMILES string of the molecule is COc1ccc(NC(=O)c2ccc3c(=O)n(-c4ccccc4)c(N4CCCC4)nc3c2)cc1. The normalized spacial score (nSPS) is 13.3. The quantitative estimate of drug-likeness (QED) is 0.502. The van der Waals surface area contributed by atoms with Gasteiger partial charge in [0.25, 0.3) is 11.5 Å². The maximum absolute atomic E-state index is 13.5. The molecule has 7 nitrogen and oxygen atoms in total. The Kier molecular flexibility index (Phi) is 5.52. The lowest BCUT2D eigenvalue weighted by atomic mass is 10.1. The largest absolute Gasteiger partial charge is 0.497 e. The minimum absolute atomic E-state index is 0.143. The van der Waals surface area contributed by atoms with Gasteiger partial charge in [0.15, 0.2) is 0 Å². The summed E-state index contributed by atoms with van der Waals surface area (Å²) in [6, 6.07) is 21.7. The number of ether oxygens (including phenoxy) is 1. The molecule has 3 aromatic carbocycles. The van der Waals surface area contributed by atoms with Crippen molar-refractivity contribution in [3.8, 4) is 11.4 Å². The Morgan fingerprint density at radius 3 is 2.39 bits per heavy atom. The van der Waals surface area contributed by atoms with E-state index in [2.05, 4.69) is 10.2 Å². The van der Waals surface area contributed by atoms with Gasteiger partial charge in [-0.1, -0.05) is 18.2 Å². The number of carbonyl (C=O) groups excluding carboxylic acids is 1. The van der Waals surface area contributed by atoms with Gasteiger partial charge in [-0.2, -0.15) is 0 Å². The van der Waals surface area contributed by atoms with E-state index in [1.807, 2.05) is 30.3 Å². The predicted octanol–water partition coefficient (Wildman–Crippen LogP) is 4.25. The number of hydrogen-bond acceptors (Lipinski definition) is 5. The Morgan fingerprint density at radius 2 is 1.70 bits per heavy atom. The van der Waals surface area contributed by atoms with Crippen molar-refractivity contribution in [1.29, 1.82) is 0 Å². The van der Waals surface area contributed by atoms with Crippen LogP contribution in [-0.4, -0.2) is 35.7 Å². The first-order valence-electron chi connectivity index (χ1n) is 11.0. The molecule has 1 fully saturated rings. The third-order valence-electron chi connectivity index (χ3n) is 5.87. The first kappa shape index (κ1) is 20.8. The van der Waals surface area contributed by atoms with Crippen LogP contribution in [0.1, 0.15) is 23.2 Å². The zero-order chi connectivity index (χ0) is 22.8. The Balaban J connectivity index is 1.56. The van der Waals surface area contributed by atoms with Gasteiger partial charge in [0.05, 0.1) is 23.7 Å². The topological polar surface area (TPSA) is 76.5 Å². The first-order chi connectivity index (χ1) is 16.1. The number of fused-ring (bicyclic) bond motifs is 1. The number of aromatic nitrogens is 2. The third kappa shape index (κ3) is 4.05. The second kappa shape index (κ2) is 8.78. The van der Waals surface area contributed by atoms with Crippen LogP contribution >= 0.6 is 0 Å². The average Bonchev–Trinajstić information content (AvgIpc) is 3.39. The van der Waals surface area contributed by atoms with Crippen LogP contribution in [0.3, 0.4) is 0 Å². The van der Waals surface area contributed by atoms with E-state index < -0.39 is 0 Å². The number of rotatable bonds is 5. The Labute approximate surface area is 191 Å². The van der Waals surface area contributed by atoms with E-state index in [4.69, 9.17) is 9.72 Å². The van der Waals surface area contributed by atoms with Crippen LogP contribution in [-0.2, 0) is 0 Å². The standard InChI is InChI=1S/C26H24N4O3/c1-33-21-12-10-19(11-13-21)27-24(31)18-9-14-22-23(17-18)28-26(29-15-5-6-16-29)30(25(22)32)20-7-3-2-4-8-20/h2-4,7-14,17H,5-6,15-16H2,1H3,(H,27,31). The van der Waals surface area contributed by atoms with E-state index in [1.165, 1.54) is 0 Å². The van der Waals surface area contributed by atoms with Crippen molar-refractivity contribution in [1.82, 2.24) is 9.55 Å². The fourth-order valence-corrected chi connectivity index (χ4v) is 4.13. The number of nitrogens with zero attached hydrogens (tertiary/aromatic N) is 3. The molecule has 1 aromatic heterocycles. The molecular formula is C26H24N4O3. The van der Waals surface area contributed by atoms with Crippen LogP contribution in [0.15, 0.2) is 77.6 Å². The van der Waals surface area contributed by atoms with Crippen LogP contribution in [0.5, 0.6) is 5.75 Å². The van der Waals surface area contributed by atoms with Crippen LogP contribution in [0.25, 0.3) is 16.6 Å². The van der Waals surface area contributed by atoms with Crippen LogP contribution < -0.4 is 20.5 Å². The number of anilines is 2. The van der Waals surface area contributed by atoms with Gasteiger partial charge in [-0.3, -0.25) is 9.59 Å². The lowest BCUT2D eigenvalue weighted by Crippen LogP contribution is -2.30. The predicted molar refractivity (Wildman–Crippen MR) is 130 cm³/mol. The zero-order valence-corrected chi connectivity index (χ0v) is 18.3. The summed E-state index contributed by atoms with van der Waals surface area (Å²) in [5.74, 6) is 1.06. The van der Waals surface area contributed by atoms with Crippen LogP contribution in [0.4, 0.5) is 11.6 Å². The minimum Gasteiger partial charge on any atom is -0.497 e. The number of amides is 1. The van der Waals surface area contributed by atoms with Crippen molar-refractivity contribution in [2.45, 2.75) is 12.8 Å². The molecule has 0 spiro atoms. The molecule has 166 valence electrons. The fourth-order valence-electron chi connectivity index (χ4n) is 4.13. The van der Waals surface area contributed by atoms with Gasteiger partial charge in [0, 0.05) is 24.3 Å². The molecule has 0 aliphatic carbocycles. The molecule has 7 heteroatoms. The second-order valence-electron chi connectivity index (χ2n) is 8.00. The highest BCUT2D eigenvalue weighted by atomic mass is 16.5. The van der Waals surface area contributed by atoms with Gasteiger partial charge >= 0.3 is 0 Å². The van der Waals surface area contributed by atoms with Crippen molar-refractivity contribution in [3.05, 3.63) is 88.7 Å². The summed E-state index contributed by atoms with van der Waals surface area (Å²) >= 11 is 0. The molecule has 0 radical (unpaired) electrons. The zero-order valence-electron chi connectivity index (χ0n) is 18.3. The van der Waals surface area contributed by atoms with Gasteiger partial charge in [0.2, 0.25) is 5.95 Å². The number of para-hydroxylation sites is 1. The molecule has 4 aromatic rings. The van der Waals surface area contributed by atoms with Crippen molar-refractivity contribution >= 4 is 28.4 Å².